The van der Waals surface area contributed by atoms with Crippen LogP contribution < -0.4 is 9.47 Å². The molecule has 0 aliphatic carbocycles. The first-order valence-electron chi connectivity index (χ1n) is 6.17. The largest absolute Gasteiger partial charge is 0.493 e. The molecule has 5 nitrogen and oxygen atoms in total. The number of aryl methyl sites for hydroxylation is 1. The maximum atomic E-state index is 11.4. The van der Waals surface area contributed by atoms with Crippen LogP contribution in [0.2, 0.25) is 0 Å². The predicted molar refractivity (Wildman–Crippen MR) is 71.4 cm³/mol. The molecular formula is C13H18O5S. The van der Waals surface area contributed by atoms with Crippen LogP contribution in [-0.4, -0.2) is 44.3 Å². The van der Waals surface area contributed by atoms with Gasteiger partial charge in [-0.25, -0.2) is 8.42 Å². The molecule has 19 heavy (non-hydrogen) atoms. The second kappa shape index (κ2) is 5.38. The highest BCUT2D eigenvalue weighted by molar-refractivity contribution is 7.91. The molecule has 2 rings (SSSR count). The molecule has 1 N–H and O–H groups in total. The fourth-order valence-electron chi connectivity index (χ4n) is 2.10. The van der Waals surface area contributed by atoms with E-state index in [0.717, 1.165) is 12.0 Å². The fraction of sp³-hybridized carbons (Fsp3) is 0.538. The Morgan fingerprint density at radius 3 is 2.58 bits per heavy atom. The lowest BCUT2D eigenvalue weighted by molar-refractivity contribution is 0.0718. The van der Waals surface area contributed by atoms with Gasteiger partial charge in [0.15, 0.2) is 21.3 Å². The third-order valence-electron chi connectivity index (χ3n) is 3.19. The standard InChI is InChI=1S/C13H18O5S/c1-3-9-4-5-11(12(6-9)17-2)18-13-8-19(15,16)7-10(13)14/h4-6,10,13-14H,3,7-8H2,1-2H3. The van der Waals surface area contributed by atoms with Crippen LogP contribution >= 0.6 is 0 Å². The van der Waals surface area contributed by atoms with Gasteiger partial charge in [0.1, 0.15) is 12.2 Å². The van der Waals surface area contributed by atoms with Gasteiger partial charge < -0.3 is 14.6 Å². The maximum absolute atomic E-state index is 11.4. The Hall–Kier alpha value is -1.27. The Kier molecular flexibility index (Phi) is 4.01. The van der Waals surface area contributed by atoms with Crippen LogP contribution in [0.1, 0.15) is 12.5 Å². The second-order valence-electron chi connectivity index (χ2n) is 4.64. The van der Waals surface area contributed by atoms with Crippen molar-refractivity contribution in [1.82, 2.24) is 0 Å². The number of hydrogen-bond acceptors (Lipinski definition) is 5. The van der Waals surface area contributed by atoms with Gasteiger partial charge in [0.25, 0.3) is 0 Å². The first-order valence-corrected chi connectivity index (χ1v) is 7.99. The number of aliphatic hydroxyl groups is 1. The molecule has 2 unspecified atom stereocenters. The second-order valence-corrected chi connectivity index (χ2v) is 6.79. The molecule has 1 aliphatic heterocycles. The molecule has 1 heterocycles. The van der Waals surface area contributed by atoms with Gasteiger partial charge in [-0.2, -0.15) is 0 Å². The Morgan fingerprint density at radius 1 is 1.32 bits per heavy atom. The Bertz CT molecular complexity index is 552. The van der Waals surface area contributed by atoms with E-state index < -0.39 is 22.0 Å². The number of hydrogen-bond donors (Lipinski definition) is 1. The molecule has 0 aromatic heterocycles. The zero-order chi connectivity index (χ0) is 14.0. The molecule has 0 saturated carbocycles. The van der Waals surface area contributed by atoms with E-state index in [2.05, 4.69) is 0 Å². The minimum atomic E-state index is -3.21. The number of benzene rings is 1. The van der Waals surface area contributed by atoms with Crippen LogP contribution in [0.25, 0.3) is 0 Å². The monoisotopic (exact) mass is 286 g/mol. The van der Waals surface area contributed by atoms with Gasteiger partial charge in [-0.3, -0.25) is 0 Å². The normalized spacial score (nSPS) is 25.2. The van der Waals surface area contributed by atoms with E-state index in [9.17, 15) is 13.5 Å². The molecule has 1 aromatic carbocycles. The van der Waals surface area contributed by atoms with E-state index in [1.165, 1.54) is 7.11 Å². The summed E-state index contributed by atoms with van der Waals surface area (Å²) in [5, 5.41) is 9.71. The van der Waals surface area contributed by atoms with Crippen LogP contribution in [0, 0.1) is 0 Å². The summed E-state index contributed by atoms with van der Waals surface area (Å²) < 4.78 is 33.7. The summed E-state index contributed by atoms with van der Waals surface area (Å²) in [6.45, 7) is 2.03. The van der Waals surface area contributed by atoms with Crippen LogP contribution in [-0.2, 0) is 16.3 Å². The van der Waals surface area contributed by atoms with Crippen LogP contribution in [0.4, 0.5) is 0 Å². The summed E-state index contributed by atoms with van der Waals surface area (Å²) in [5.41, 5.74) is 1.10. The summed E-state index contributed by atoms with van der Waals surface area (Å²) in [6, 6.07) is 5.49. The highest BCUT2D eigenvalue weighted by Gasteiger charge is 2.38. The third kappa shape index (κ3) is 3.19. The van der Waals surface area contributed by atoms with E-state index in [0.29, 0.717) is 11.5 Å². The van der Waals surface area contributed by atoms with E-state index >= 15 is 0 Å². The number of ether oxygens (including phenoxy) is 2. The molecule has 2 atom stereocenters. The molecule has 106 valence electrons. The first kappa shape index (κ1) is 14.1. The number of aliphatic hydroxyl groups excluding tert-OH is 1. The molecule has 1 saturated heterocycles. The predicted octanol–water partition coefficient (Wildman–Crippen LogP) is 0.794. The van der Waals surface area contributed by atoms with Crippen molar-refractivity contribution in [2.75, 3.05) is 18.6 Å². The van der Waals surface area contributed by atoms with E-state index in [1.54, 1.807) is 6.07 Å². The highest BCUT2D eigenvalue weighted by atomic mass is 32.2. The van der Waals surface area contributed by atoms with E-state index in [4.69, 9.17) is 9.47 Å². The SMILES string of the molecule is CCc1ccc(OC2CS(=O)(=O)CC2O)c(OC)c1. The molecule has 1 aromatic rings. The zero-order valence-electron chi connectivity index (χ0n) is 11.0. The molecule has 0 amide bonds. The molecule has 0 bridgehead atoms. The summed E-state index contributed by atoms with van der Waals surface area (Å²) in [5.74, 6) is 0.608. The molecular weight excluding hydrogens is 268 g/mol. The lowest BCUT2D eigenvalue weighted by Gasteiger charge is -2.18. The maximum Gasteiger partial charge on any atom is 0.161 e. The van der Waals surface area contributed by atoms with Crippen molar-refractivity contribution in [1.29, 1.82) is 0 Å². The average Bonchev–Trinajstić information content (AvgIpc) is 2.62. The van der Waals surface area contributed by atoms with Crippen molar-refractivity contribution >= 4 is 9.84 Å². The van der Waals surface area contributed by atoms with Crippen molar-refractivity contribution < 1.29 is 23.0 Å². The lowest BCUT2D eigenvalue weighted by Crippen LogP contribution is -2.29. The third-order valence-corrected chi connectivity index (χ3v) is 4.87. The smallest absolute Gasteiger partial charge is 0.161 e. The summed E-state index contributed by atoms with van der Waals surface area (Å²) in [4.78, 5) is 0. The van der Waals surface area contributed by atoms with Crippen molar-refractivity contribution in [2.24, 2.45) is 0 Å². The fourth-order valence-corrected chi connectivity index (χ4v) is 3.76. The highest BCUT2D eigenvalue weighted by Crippen LogP contribution is 2.31. The number of sulfone groups is 1. The average molecular weight is 286 g/mol. The van der Waals surface area contributed by atoms with Crippen molar-refractivity contribution in [3.05, 3.63) is 23.8 Å². The van der Waals surface area contributed by atoms with Crippen molar-refractivity contribution in [2.45, 2.75) is 25.6 Å². The first-order chi connectivity index (χ1) is 8.95. The van der Waals surface area contributed by atoms with Gasteiger partial charge in [-0.15, -0.1) is 0 Å². The summed E-state index contributed by atoms with van der Waals surface area (Å²) in [7, 11) is -1.68. The zero-order valence-corrected chi connectivity index (χ0v) is 11.8. The number of rotatable bonds is 4. The van der Waals surface area contributed by atoms with Gasteiger partial charge in [0.05, 0.1) is 18.6 Å². The Labute approximate surface area is 113 Å². The van der Waals surface area contributed by atoms with Crippen molar-refractivity contribution in [3.8, 4) is 11.5 Å². The van der Waals surface area contributed by atoms with Crippen LogP contribution in [0.3, 0.4) is 0 Å². The van der Waals surface area contributed by atoms with Gasteiger partial charge in [-0.1, -0.05) is 13.0 Å². The molecule has 6 heteroatoms. The molecule has 1 fully saturated rings. The van der Waals surface area contributed by atoms with Gasteiger partial charge in [0.2, 0.25) is 0 Å². The molecule has 1 aliphatic rings. The van der Waals surface area contributed by atoms with Gasteiger partial charge in [0, 0.05) is 0 Å². The van der Waals surface area contributed by atoms with Gasteiger partial charge in [-0.05, 0) is 24.1 Å². The minimum Gasteiger partial charge on any atom is -0.493 e. The Morgan fingerprint density at radius 2 is 2.05 bits per heavy atom. The summed E-state index contributed by atoms with van der Waals surface area (Å²) >= 11 is 0. The molecule has 0 spiro atoms. The Balaban J connectivity index is 2.19. The number of methoxy groups -OCH3 is 1. The van der Waals surface area contributed by atoms with Crippen molar-refractivity contribution in [3.63, 3.8) is 0 Å². The minimum absolute atomic E-state index is 0.160. The molecule has 0 radical (unpaired) electrons. The summed E-state index contributed by atoms with van der Waals surface area (Å²) in [6.07, 6.45) is -0.844. The lowest BCUT2D eigenvalue weighted by atomic mass is 10.1. The van der Waals surface area contributed by atoms with Crippen LogP contribution in [0.15, 0.2) is 18.2 Å². The quantitative estimate of drug-likeness (QED) is 0.886. The van der Waals surface area contributed by atoms with Gasteiger partial charge >= 0.3 is 0 Å². The van der Waals surface area contributed by atoms with E-state index in [1.807, 2.05) is 19.1 Å². The van der Waals surface area contributed by atoms with E-state index in [-0.39, 0.29) is 11.5 Å². The van der Waals surface area contributed by atoms with Crippen LogP contribution in [0.5, 0.6) is 11.5 Å². The topological polar surface area (TPSA) is 72.8 Å².